The molecule has 0 spiro atoms. The Kier molecular flexibility index (Phi) is 3.35. The first-order valence-corrected chi connectivity index (χ1v) is 7.64. The molecule has 2 aliphatic carbocycles. The van der Waals surface area contributed by atoms with Crippen molar-refractivity contribution in [2.24, 2.45) is 11.3 Å². The second kappa shape index (κ2) is 4.84. The van der Waals surface area contributed by atoms with Gasteiger partial charge in [-0.2, -0.15) is 0 Å². The topological polar surface area (TPSA) is 40.5 Å². The van der Waals surface area contributed by atoms with Gasteiger partial charge in [-0.3, -0.25) is 9.69 Å². The van der Waals surface area contributed by atoms with Gasteiger partial charge in [-0.1, -0.05) is 12.8 Å². The molecule has 0 aromatic rings. The summed E-state index contributed by atoms with van der Waals surface area (Å²) in [6.07, 6.45) is 10.9. The minimum atomic E-state index is -0.607. The lowest BCUT2D eigenvalue weighted by atomic mass is 9.78. The first kappa shape index (κ1) is 12.5. The molecule has 0 radical (unpaired) electrons. The third kappa shape index (κ3) is 2.56. The fourth-order valence-electron chi connectivity index (χ4n) is 4.24. The van der Waals surface area contributed by atoms with Gasteiger partial charge in [0, 0.05) is 12.6 Å². The van der Waals surface area contributed by atoms with Gasteiger partial charge in [0.2, 0.25) is 0 Å². The van der Waals surface area contributed by atoms with E-state index in [1.165, 1.54) is 45.1 Å². The van der Waals surface area contributed by atoms with Crippen LogP contribution >= 0.6 is 0 Å². The number of fused-ring (bicyclic) bond motifs is 1. The Hall–Kier alpha value is -0.570. The van der Waals surface area contributed by atoms with E-state index in [4.69, 9.17) is 5.11 Å². The summed E-state index contributed by atoms with van der Waals surface area (Å²) in [6, 6.07) is 0.777. The number of carboxylic acids is 1. The minimum absolute atomic E-state index is 0.144. The molecule has 3 aliphatic rings. The van der Waals surface area contributed by atoms with Crippen molar-refractivity contribution >= 4 is 5.97 Å². The van der Waals surface area contributed by atoms with Crippen LogP contribution in [0.4, 0.5) is 0 Å². The Labute approximate surface area is 110 Å². The molecule has 1 aliphatic heterocycles. The van der Waals surface area contributed by atoms with E-state index in [9.17, 15) is 4.79 Å². The molecular weight excluding hydrogens is 226 g/mol. The van der Waals surface area contributed by atoms with Gasteiger partial charge in [-0.05, 0) is 56.4 Å². The molecule has 1 N–H and O–H groups in total. The van der Waals surface area contributed by atoms with Gasteiger partial charge in [-0.25, -0.2) is 0 Å². The molecule has 0 amide bonds. The van der Waals surface area contributed by atoms with Crippen LogP contribution in [0.5, 0.6) is 0 Å². The fourth-order valence-corrected chi connectivity index (χ4v) is 4.24. The van der Waals surface area contributed by atoms with E-state index in [0.29, 0.717) is 6.42 Å². The van der Waals surface area contributed by atoms with Crippen molar-refractivity contribution in [3.8, 4) is 0 Å². The van der Waals surface area contributed by atoms with Crippen LogP contribution in [0.2, 0.25) is 0 Å². The van der Waals surface area contributed by atoms with E-state index < -0.39 is 5.97 Å². The van der Waals surface area contributed by atoms with Crippen LogP contribution < -0.4 is 0 Å². The van der Waals surface area contributed by atoms with E-state index in [1.807, 2.05) is 0 Å². The Morgan fingerprint density at radius 3 is 2.61 bits per heavy atom. The highest BCUT2D eigenvalue weighted by Crippen LogP contribution is 2.50. The van der Waals surface area contributed by atoms with Gasteiger partial charge in [0.05, 0.1) is 6.42 Å². The summed E-state index contributed by atoms with van der Waals surface area (Å²) in [4.78, 5) is 13.6. The molecule has 2 saturated carbocycles. The number of carboxylic acid groups (broad SMARTS) is 1. The van der Waals surface area contributed by atoms with Crippen molar-refractivity contribution in [1.29, 1.82) is 0 Å². The quantitative estimate of drug-likeness (QED) is 0.835. The molecule has 1 heterocycles. The molecule has 3 heteroatoms. The Morgan fingerprint density at radius 1 is 1.17 bits per heavy atom. The second-order valence-electron chi connectivity index (χ2n) is 6.80. The van der Waals surface area contributed by atoms with E-state index in [-0.39, 0.29) is 5.41 Å². The maximum atomic E-state index is 11.0. The van der Waals surface area contributed by atoms with E-state index in [2.05, 4.69) is 4.90 Å². The van der Waals surface area contributed by atoms with Crippen molar-refractivity contribution in [2.45, 2.75) is 63.8 Å². The van der Waals surface area contributed by atoms with Gasteiger partial charge < -0.3 is 5.11 Å². The van der Waals surface area contributed by atoms with E-state index >= 15 is 0 Å². The van der Waals surface area contributed by atoms with Gasteiger partial charge in [0.1, 0.15) is 0 Å². The molecule has 0 aromatic carbocycles. The summed E-state index contributed by atoms with van der Waals surface area (Å²) >= 11 is 0. The molecule has 2 unspecified atom stereocenters. The zero-order valence-electron chi connectivity index (χ0n) is 11.2. The van der Waals surface area contributed by atoms with Crippen molar-refractivity contribution < 1.29 is 9.90 Å². The van der Waals surface area contributed by atoms with E-state index in [1.54, 1.807) is 0 Å². The number of aliphatic carboxylic acids is 1. The average Bonchev–Trinajstić information content (AvgIpc) is 3.08. The Balaban J connectivity index is 1.62. The molecule has 2 atom stereocenters. The lowest BCUT2D eigenvalue weighted by Gasteiger charge is -2.45. The number of piperidine rings is 1. The first-order valence-electron chi connectivity index (χ1n) is 7.64. The van der Waals surface area contributed by atoms with Gasteiger partial charge in [0.15, 0.2) is 0 Å². The minimum Gasteiger partial charge on any atom is -0.481 e. The zero-order valence-corrected chi connectivity index (χ0v) is 11.2. The SMILES string of the molecule is O=C(O)CC1(CN2CCCC3CCCCC32)CC1. The summed E-state index contributed by atoms with van der Waals surface area (Å²) in [5, 5.41) is 9.03. The third-order valence-corrected chi connectivity index (χ3v) is 5.38. The van der Waals surface area contributed by atoms with Crippen LogP contribution in [0, 0.1) is 11.3 Å². The number of rotatable bonds is 4. The van der Waals surface area contributed by atoms with Crippen molar-refractivity contribution in [3.63, 3.8) is 0 Å². The Bertz CT molecular complexity index is 322. The van der Waals surface area contributed by atoms with Crippen molar-refractivity contribution in [1.82, 2.24) is 4.90 Å². The standard InChI is InChI=1S/C15H25NO2/c17-14(18)10-15(7-8-15)11-16-9-3-5-12-4-1-2-6-13(12)16/h12-13H,1-11H2,(H,17,18). The average molecular weight is 251 g/mol. The van der Waals surface area contributed by atoms with Crippen LogP contribution in [0.1, 0.15) is 57.8 Å². The third-order valence-electron chi connectivity index (χ3n) is 5.38. The van der Waals surface area contributed by atoms with Gasteiger partial charge >= 0.3 is 5.97 Å². The number of nitrogens with zero attached hydrogens (tertiary/aromatic N) is 1. The summed E-state index contributed by atoms with van der Waals surface area (Å²) < 4.78 is 0. The number of hydrogen-bond donors (Lipinski definition) is 1. The van der Waals surface area contributed by atoms with Crippen molar-refractivity contribution in [2.75, 3.05) is 13.1 Å². The van der Waals surface area contributed by atoms with Crippen LogP contribution in [0.3, 0.4) is 0 Å². The molecular formula is C15H25NO2. The molecule has 0 bridgehead atoms. The normalized spacial score (nSPS) is 34.9. The maximum Gasteiger partial charge on any atom is 0.303 e. The van der Waals surface area contributed by atoms with Crippen molar-refractivity contribution in [3.05, 3.63) is 0 Å². The smallest absolute Gasteiger partial charge is 0.303 e. The van der Waals surface area contributed by atoms with Crippen LogP contribution in [0.25, 0.3) is 0 Å². The zero-order chi connectivity index (χ0) is 12.6. The Morgan fingerprint density at radius 2 is 1.89 bits per heavy atom. The molecule has 3 nitrogen and oxygen atoms in total. The lowest BCUT2D eigenvalue weighted by molar-refractivity contribution is -0.138. The predicted octanol–water partition coefficient (Wildman–Crippen LogP) is 2.90. The maximum absolute atomic E-state index is 11.0. The molecule has 3 fully saturated rings. The number of likely N-dealkylation sites (tertiary alicyclic amines) is 1. The largest absolute Gasteiger partial charge is 0.481 e. The predicted molar refractivity (Wildman–Crippen MR) is 70.5 cm³/mol. The molecule has 102 valence electrons. The molecule has 0 aromatic heterocycles. The summed E-state index contributed by atoms with van der Waals surface area (Å²) in [5.74, 6) is 0.304. The van der Waals surface area contributed by atoms with Gasteiger partial charge in [-0.15, -0.1) is 0 Å². The highest BCUT2D eigenvalue weighted by atomic mass is 16.4. The fraction of sp³-hybridized carbons (Fsp3) is 0.933. The lowest BCUT2D eigenvalue weighted by Crippen LogP contribution is -2.49. The highest BCUT2D eigenvalue weighted by molar-refractivity contribution is 5.68. The molecule has 1 saturated heterocycles. The summed E-state index contributed by atoms with van der Waals surface area (Å²) in [5.41, 5.74) is 0.144. The van der Waals surface area contributed by atoms with Crippen LogP contribution in [-0.4, -0.2) is 35.1 Å². The number of hydrogen-bond acceptors (Lipinski definition) is 2. The number of carbonyl (C=O) groups is 1. The monoisotopic (exact) mass is 251 g/mol. The summed E-state index contributed by atoms with van der Waals surface area (Å²) in [6.45, 7) is 2.27. The van der Waals surface area contributed by atoms with Crippen LogP contribution in [-0.2, 0) is 4.79 Å². The molecule has 18 heavy (non-hydrogen) atoms. The molecule has 3 rings (SSSR count). The summed E-state index contributed by atoms with van der Waals surface area (Å²) in [7, 11) is 0. The highest BCUT2D eigenvalue weighted by Gasteiger charge is 2.47. The van der Waals surface area contributed by atoms with Crippen LogP contribution in [0.15, 0.2) is 0 Å². The first-order chi connectivity index (χ1) is 8.69. The van der Waals surface area contributed by atoms with Gasteiger partial charge in [0.25, 0.3) is 0 Å². The van der Waals surface area contributed by atoms with E-state index in [0.717, 1.165) is 31.3 Å². The second-order valence-corrected chi connectivity index (χ2v) is 6.80.